The van der Waals surface area contributed by atoms with Crippen LogP contribution in [-0.2, 0) is 23.7 Å². The van der Waals surface area contributed by atoms with Crippen LogP contribution in [0.5, 0.6) is 0 Å². The van der Waals surface area contributed by atoms with Gasteiger partial charge >= 0.3 is 0 Å². The highest BCUT2D eigenvalue weighted by Gasteiger charge is 2.50. The summed E-state index contributed by atoms with van der Waals surface area (Å²) >= 11 is 0. The SMILES string of the molecule is C(=CC(CC1CO1)(CC1CO1)OC(C=Cc1ccccc1)(CC1CO1)CC1CO1)c1ccccc1. The number of hydrogen-bond donors (Lipinski definition) is 0. The van der Waals surface area contributed by atoms with E-state index >= 15 is 0 Å². The molecule has 4 aliphatic rings. The number of benzene rings is 2. The Balaban J connectivity index is 1.36. The Hall–Kier alpha value is -2.28. The van der Waals surface area contributed by atoms with Crippen LogP contribution in [0, 0.1) is 0 Å². The number of epoxide rings is 4. The van der Waals surface area contributed by atoms with Crippen molar-refractivity contribution in [1.29, 1.82) is 0 Å². The van der Waals surface area contributed by atoms with E-state index in [1.807, 2.05) is 12.1 Å². The molecule has 0 bridgehead atoms. The molecule has 4 aliphatic heterocycles. The highest BCUT2D eigenvalue weighted by atomic mass is 16.6. The molecule has 5 nitrogen and oxygen atoms in total. The first-order valence-corrected chi connectivity index (χ1v) is 12.8. The Morgan fingerprint density at radius 3 is 1.17 bits per heavy atom. The molecular weight excluding hydrogens is 440 g/mol. The molecule has 6 rings (SSSR count). The van der Waals surface area contributed by atoms with Crippen molar-refractivity contribution in [2.75, 3.05) is 26.4 Å². The molecule has 2 aromatic rings. The first-order valence-electron chi connectivity index (χ1n) is 12.8. The van der Waals surface area contributed by atoms with Crippen molar-refractivity contribution in [2.45, 2.75) is 61.3 Å². The second kappa shape index (κ2) is 10.00. The third-order valence-corrected chi connectivity index (χ3v) is 7.07. The minimum Gasteiger partial charge on any atom is -0.373 e. The zero-order valence-electron chi connectivity index (χ0n) is 20.1. The fraction of sp³-hybridized carbons (Fsp3) is 0.467. The van der Waals surface area contributed by atoms with Crippen molar-refractivity contribution in [1.82, 2.24) is 0 Å². The Labute approximate surface area is 207 Å². The van der Waals surface area contributed by atoms with Gasteiger partial charge in [-0.05, 0) is 11.1 Å². The molecule has 0 aliphatic carbocycles. The summed E-state index contributed by atoms with van der Waals surface area (Å²) in [5.41, 5.74) is 1.30. The lowest BCUT2D eigenvalue weighted by Crippen LogP contribution is -2.46. The molecule has 35 heavy (non-hydrogen) atoms. The maximum atomic E-state index is 7.38. The molecule has 2 aromatic carbocycles. The van der Waals surface area contributed by atoms with E-state index in [1.165, 1.54) is 0 Å². The molecule has 4 atom stereocenters. The second-order valence-corrected chi connectivity index (χ2v) is 10.4. The van der Waals surface area contributed by atoms with E-state index in [4.69, 9.17) is 23.7 Å². The molecular formula is C30H34O5. The van der Waals surface area contributed by atoms with Gasteiger partial charge in [-0.2, -0.15) is 0 Å². The average Bonchev–Trinajstić information content (AvgIpc) is 3.68. The van der Waals surface area contributed by atoms with E-state index in [2.05, 4.69) is 72.8 Å². The summed E-state index contributed by atoms with van der Waals surface area (Å²) in [6, 6.07) is 20.9. The molecule has 4 saturated heterocycles. The van der Waals surface area contributed by atoms with Gasteiger partial charge in [0.05, 0.1) is 62.0 Å². The highest BCUT2D eigenvalue weighted by Crippen LogP contribution is 2.44. The third kappa shape index (κ3) is 6.90. The van der Waals surface area contributed by atoms with Crippen LogP contribution in [0.3, 0.4) is 0 Å². The van der Waals surface area contributed by atoms with Crippen molar-refractivity contribution >= 4 is 12.2 Å². The Morgan fingerprint density at radius 1 is 0.571 bits per heavy atom. The summed E-state index contributed by atoms with van der Waals surface area (Å²) in [7, 11) is 0. The van der Waals surface area contributed by atoms with Crippen molar-refractivity contribution in [3.8, 4) is 0 Å². The molecule has 4 fully saturated rings. The van der Waals surface area contributed by atoms with Gasteiger partial charge in [0.2, 0.25) is 0 Å². The van der Waals surface area contributed by atoms with E-state index < -0.39 is 11.2 Å². The predicted molar refractivity (Wildman–Crippen MR) is 135 cm³/mol. The van der Waals surface area contributed by atoms with Gasteiger partial charge in [0.15, 0.2) is 0 Å². The van der Waals surface area contributed by atoms with Gasteiger partial charge in [-0.3, -0.25) is 0 Å². The maximum Gasteiger partial charge on any atom is 0.0928 e. The van der Waals surface area contributed by atoms with Gasteiger partial charge in [0, 0.05) is 25.7 Å². The average molecular weight is 475 g/mol. The van der Waals surface area contributed by atoms with Crippen molar-refractivity contribution in [3.05, 3.63) is 83.9 Å². The standard InChI is InChI=1S/C30H34O5/c1-3-7-23(8-4-1)11-13-29(15-25-19-31-25,16-26-20-32-26)35-30(17-27-21-33-27,18-28-22-34-28)14-12-24-9-5-2-6-10-24/h1-14,25-28H,15-22H2. The van der Waals surface area contributed by atoms with E-state index in [0.717, 1.165) is 63.2 Å². The first-order chi connectivity index (χ1) is 17.2. The Kier molecular flexibility index (Phi) is 6.61. The topological polar surface area (TPSA) is 59.4 Å². The van der Waals surface area contributed by atoms with Crippen LogP contribution >= 0.6 is 0 Å². The lowest BCUT2D eigenvalue weighted by Gasteiger charge is -2.41. The lowest BCUT2D eigenvalue weighted by atomic mass is 9.85. The number of rotatable bonds is 14. The van der Waals surface area contributed by atoms with Gasteiger partial charge in [0.1, 0.15) is 0 Å². The fourth-order valence-electron chi connectivity index (χ4n) is 4.99. The summed E-state index contributed by atoms with van der Waals surface area (Å²) in [5.74, 6) is 0. The zero-order valence-corrected chi connectivity index (χ0v) is 20.1. The minimum absolute atomic E-state index is 0.222. The molecule has 5 heteroatoms. The third-order valence-electron chi connectivity index (χ3n) is 7.07. The van der Waals surface area contributed by atoms with Crippen LogP contribution in [-0.4, -0.2) is 62.0 Å². The fourth-order valence-corrected chi connectivity index (χ4v) is 4.99. The monoisotopic (exact) mass is 474 g/mol. The van der Waals surface area contributed by atoms with Crippen LogP contribution in [0.1, 0.15) is 36.8 Å². The van der Waals surface area contributed by atoms with Gasteiger partial charge in [-0.1, -0.05) is 85.0 Å². The lowest BCUT2D eigenvalue weighted by molar-refractivity contribution is -0.130. The molecule has 4 heterocycles. The summed E-state index contributed by atoms with van der Waals surface area (Å²) in [4.78, 5) is 0. The van der Waals surface area contributed by atoms with Crippen molar-refractivity contribution in [2.24, 2.45) is 0 Å². The van der Waals surface area contributed by atoms with E-state index in [9.17, 15) is 0 Å². The Bertz CT molecular complexity index is 906. The smallest absolute Gasteiger partial charge is 0.0928 e. The van der Waals surface area contributed by atoms with Crippen LogP contribution < -0.4 is 0 Å². The molecule has 0 N–H and O–H groups in total. The number of hydrogen-bond acceptors (Lipinski definition) is 5. The van der Waals surface area contributed by atoms with Crippen molar-refractivity contribution < 1.29 is 23.7 Å². The summed E-state index contributed by atoms with van der Waals surface area (Å²) in [5, 5.41) is 0. The molecule has 4 unspecified atom stereocenters. The van der Waals surface area contributed by atoms with Crippen LogP contribution in [0.2, 0.25) is 0 Å². The van der Waals surface area contributed by atoms with Crippen LogP contribution in [0.4, 0.5) is 0 Å². The first kappa shape index (κ1) is 23.1. The summed E-state index contributed by atoms with van der Waals surface area (Å²) in [6.45, 7) is 3.17. The maximum absolute atomic E-state index is 7.38. The molecule has 184 valence electrons. The normalized spacial score (nSPS) is 30.2. The van der Waals surface area contributed by atoms with E-state index in [0.29, 0.717) is 0 Å². The van der Waals surface area contributed by atoms with Gasteiger partial charge in [0.25, 0.3) is 0 Å². The second-order valence-electron chi connectivity index (χ2n) is 10.4. The largest absolute Gasteiger partial charge is 0.373 e. The molecule has 0 aromatic heterocycles. The quantitative estimate of drug-likeness (QED) is 0.358. The molecule has 0 radical (unpaired) electrons. The predicted octanol–water partition coefficient (Wildman–Crippen LogP) is 5.06. The highest BCUT2D eigenvalue weighted by molar-refractivity contribution is 5.52. The molecule has 0 spiro atoms. The zero-order chi connectivity index (χ0) is 23.6. The Morgan fingerprint density at radius 2 is 0.886 bits per heavy atom. The molecule has 0 saturated carbocycles. The van der Waals surface area contributed by atoms with Gasteiger partial charge < -0.3 is 23.7 Å². The van der Waals surface area contributed by atoms with Gasteiger partial charge in [-0.25, -0.2) is 0 Å². The summed E-state index contributed by atoms with van der Waals surface area (Å²) in [6.07, 6.45) is 13.0. The van der Waals surface area contributed by atoms with Gasteiger partial charge in [-0.15, -0.1) is 0 Å². The number of ether oxygens (including phenoxy) is 5. The van der Waals surface area contributed by atoms with E-state index in [1.54, 1.807) is 0 Å². The van der Waals surface area contributed by atoms with E-state index in [-0.39, 0.29) is 24.4 Å². The molecule has 0 amide bonds. The van der Waals surface area contributed by atoms with Crippen molar-refractivity contribution in [3.63, 3.8) is 0 Å². The van der Waals surface area contributed by atoms with Crippen LogP contribution in [0.15, 0.2) is 72.8 Å². The van der Waals surface area contributed by atoms with Crippen LogP contribution in [0.25, 0.3) is 12.2 Å². The minimum atomic E-state index is -0.511. The summed E-state index contributed by atoms with van der Waals surface area (Å²) < 4.78 is 30.3.